The number of benzene rings is 1. The quantitative estimate of drug-likeness (QED) is 0.691. The fraction of sp³-hybridized carbons (Fsp3) is 0.438. The molecule has 0 atom stereocenters. The van der Waals surface area contributed by atoms with E-state index in [1.165, 1.54) is 22.6 Å². The molecule has 0 fully saturated rings. The first-order valence-corrected chi connectivity index (χ1v) is 8.10. The van der Waals surface area contributed by atoms with Crippen molar-refractivity contribution in [2.45, 2.75) is 46.5 Å². The third kappa shape index (κ3) is 3.18. The average molecular weight is 294 g/mol. The molecule has 3 heteroatoms. The van der Waals surface area contributed by atoms with Gasteiger partial charge < -0.3 is 0 Å². The minimum absolute atomic E-state index is 0.821. The number of thiazole rings is 1. The Balaban J connectivity index is 2.44. The molecule has 2 rings (SSSR count). The Labute approximate surface area is 124 Å². The lowest BCUT2D eigenvalue weighted by molar-refractivity contribution is 0.851. The fourth-order valence-electron chi connectivity index (χ4n) is 2.19. The highest BCUT2D eigenvalue weighted by Crippen LogP contribution is 2.34. The number of halogens is 1. The van der Waals surface area contributed by atoms with Gasteiger partial charge in [-0.15, -0.1) is 11.3 Å². The smallest absolute Gasteiger partial charge is 0.124 e. The second-order valence-corrected chi connectivity index (χ2v) is 6.29. The molecule has 0 radical (unpaired) electrons. The van der Waals surface area contributed by atoms with E-state index in [0.29, 0.717) is 0 Å². The summed E-state index contributed by atoms with van der Waals surface area (Å²) in [6.45, 7) is 6.50. The lowest BCUT2D eigenvalue weighted by Gasteiger charge is -2.03. The highest BCUT2D eigenvalue weighted by atomic mass is 35.5. The molecule has 0 amide bonds. The Kier molecular flexibility index (Phi) is 5.00. The minimum atomic E-state index is 0.821. The van der Waals surface area contributed by atoms with Crippen LogP contribution in [0.5, 0.6) is 0 Å². The van der Waals surface area contributed by atoms with E-state index < -0.39 is 0 Å². The van der Waals surface area contributed by atoms with Gasteiger partial charge in [0.2, 0.25) is 0 Å². The van der Waals surface area contributed by atoms with E-state index >= 15 is 0 Å². The zero-order valence-corrected chi connectivity index (χ0v) is 13.4. The maximum absolute atomic E-state index is 6.21. The number of hydrogen-bond donors (Lipinski definition) is 0. The normalized spacial score (nSPS) is 10.9. The van der Waals surface area contributed by atoms with Crippen molar-refractivity contribution in [3.05, 3.63) is 39.4 Å². The van der Waals surface area contributed by atoms with E-state index in [0.717, 1.165) is 34.9 Å². The molecule has 0 aliphatic rings. The average Bonchev–Trinajstić information content (AvgIpc) is 2.77. The third-order valence-corrected chi connectivity index (χ3v) is 4.84. The summed E-state index contributed by atoms with van der Waals surface area (Å²) in [6, 6.07) is 6.06. The first-order chi connectivity index (χ1) is 9.17. The largest absolute Gasteiger partial charge is 0.241 e. The molecule has 0 unspecified atom stereocenters. The molecule has 0 aliphatic carbocycles. The van der Waals surface area contributed by atoms with Crippen molar-refractivity contribution in [2.24, 2.45) is 0 Å². The molecule has 0 saturated carbocycles. The van der Waals surface area contributed by atoms with Crippen LogP contribution >= 0.6 is 22.9 Å². The van der Waals surface area contributed by atoms with Crippen LogP contribution in [0.2, 0.25) is 5.02 Å². The number of nitrogens with zero attached hydrogens (tertiary/aromatic N) is 1. The van der Waals surface area contributed by atoms with Crippen LogP contribution in [-0.2, 0) is 12.8 Å². The molecule has 102 valence electrons. The van der Waals surface area contributed by atoms with Crippen molar-refractivity contribution in [3.63, 3.8) is 0 Å². The van der Waals surface area contributed by atoms with E-state index in [1.54, 1.807) is 0 Å². The van der Waals surface area contributed by atoms with Crippen LogP contribution in [-0.4, -0.2) is 4.98 Å². The molecule has 0 N–H and O–H groups in total. The molecule has 19 heavy (non-hydrogen) atoms. The Morgan fingerprint density at radius 2 is 1.89 bits per heavy atom. The van der Waals surface area contributed by atoms with Gasteiger partial charge in [0.25, 0.3) is 0 Å². The predicted molar refractivity (Wildman–Crippen MR) is 85.3 cm³/mol. The van der Waals surface area contributed by atoms with E-state index in [1.807, 2.05) is 23.5 Å². The van der Waals surface area contributed by atoms with Gasteiger partial charge in [-0.05, 0) is 31.4 Å². The number of hydrogen-bond acceptors (Lipinski definition) is 2. The number of aryl methyl sites for hydroxylation is 2. The van der Waals surface area contributed by atoms with Gasteiger partial charge in [0.1, 0.15) is 5.01 Å². The monoisotopic (exact) mass is 293 g/mol. The van der Waals surface area contributed by atoms with E-state index in [4.69, 9.17) is 16.6 Å². The molecule has 0 spiro atoms. The molecule has 1 aromatic heterocycles. The topological polar surface area (TPSA) is 12.9 Å². The SMILES string of the molecule is CCCc1nc(-c2cccc(Cl)c2C)sc1CCC. The Morgan fingerprint density at radius 3 is 2.58 bits per heavy atom. The van der Waals surface area contributed by atoms with Crippen LogP contribution in [0.4, 0.5) is 0 Å². The van der Waals surface area contributed by atoms with Gasteiger partial charge in [-0.25, -0.2) is 4.98 Å². The van der Waals surface area contributed by atoms with Gasteiger partial charge in [0, 0.05) is 15.5 Å². The number of aromatic nitrogens is 1. The van der Waals surface area contributed by atoms with Gasteiger partial charge in [0.15, 0.2) is 0 Å². The van der Waals surface area contributed by atoms with Crippen LogP contribution in [0.3, 0.4) is 0 Å². The maximum atomic E-state index is 6.21. The summed E-state index contributed by atoms with van der Waals surface area (Å²) in [5, 5.41) is 1.94. The molecule has 1 aromatic carbocycles. The molecule has 0 saturated heterocycles. The second kappa shape index (κ2) is 6.53. The highest BCUT2D eigenvalue weighted by Gasteiger charge is 2.13. The first-order valence-electron chi connectivity index (χ1n) is 6.91. The molecular weight excluding hydrogens is 274 g/mol. The van der Waals surface area contributed by atoms with Crippen LogP contribution < -0.4 is 0 Å². The molecule has 2 aromatic rings. The summed E-state index contributed by atoms with van der Waals surface area (Å²) in [5.74, 6) is 0. The third-order valence-electron chi connectivity index (χ3n) is 3.24. The lowest BCUT2D eigenvalue weighted by atomic mass is 10.1. The summed E-state index contributed by atoms with van der Waals surface area (Å²) < 4.78 is 0. The highest BCUT2D eigenvalue weighted by molar-refractivity contribution is 7.15. The van der Waals surface area contributed by atoms with Gasteiger partial charge >= 0.3 is 0 Å². The molecule has 0 bridgehead atoms. The Morgan fingerprint density at radius 1 is 1.16 bits per heavy atom. The minimum Gasteiger partial charge on any atom is -0.241 e. The van der Waals surface area contributed by atoms with Gasteiger partial charge in [-0.2, -0.15) is 0 Å². The van der Waals surface area contributed by atoms with Crippen molar-refractivity contribution in [1.82, 2.24) is 4.98 Å². The standard InChI is InChI=1S/C16H20ClNS/c1-4-7-14-15(8-5-2)19-16(18-14)12-9-6-10-13(17)11(12)3/h6,9-10H,4-5,7-8H2,1-3H3. The molecule has 1 nitrogen and oxygen atoms in total. The molecule has 0 aliphatic heterocycles. The maximum Gasteiger partial charge on any atom is 0.124 e. The first kappa shape index (κ1) is 14.5. The van der Waals surface area contributed by atoms with Crippen LogP contribution in [0, 0.1) is 6.92 Å². The van der Waals surface area contributed by atoms with E-state index in [9.17, 15) is 0 Å². The predicted octanol–water partition coefficient (Wildman–Crippen LogP) is 5.68. The van der Waals surface area contributed by atoms with Crippen molar-refractivity contribution in [3.8, 4) is 10.6 Å². The van der Waals surface area contributed by atoms with Crippen molar-refractivity contribution in [2.75, 3.05) is 0 Å². The summed E-state index contributed by atoms with van der Waals surface area (Å²) in [7, 11) is 0. The van der Waals surface area contributed by atoms with Crippen LogP contribution in [0.1, 0.15) is 42.8 Å². The van der Waals surface area contributed by atoms with Crippen molar-refractivity contribution < 1.29 is 0 Å². The lowest BCUT2D eigenvalue weighted by Crippen LogP contribution is -1.90. The van der Waals surface area contributed by atoms with Gasteiger partial charge in [-0.1, -0.05) is 50.4 Å². The van der Waals surface area contributed by atoms with Crippen LogP contribution in [0.15, 0.2) is 18.2 Å². The summed E-state index contributed by atoms with van der Waals surface area (Å²) in [6.07, 6.45) is 4.53. The van der Waals surface area contributed by atoms with Gasteiger partial charge in [-0.3, -0.25) is 0 Å². The van der Waals surface area contributed by atoms with E-state index in [-0.39, 0.29) is 0 Å². The van der Waals surface area contributed by atoms with Gasteiger partial charge in [0.05, 0.1) is 5.69 Å². The summed E-state index contributed by atoms with van der Waals surface area (Å²) in [4.78, 5) is 6.29. The zero-order valence-electron chi connectivity index (χ0n) is 11.8. The van der Waals surface area contributed by atoms with Crippen molar-refractivity contribution in [1.29, 1.82) is 0 Å². The molecular formula is C16H20ClNS. The Bertz CT molecular complexity index is 536. The van der Waals surface area contributed by atoms with Crippen LogP contribution in [0.25, 0.3) is 10.6 Å². The fourth-order valence-corrected chi connectivity index (χ4v) is 3.66. The number of rotatable bonds is 5. The molecule has 1 heterocycles. The Hall–Kier alpha value is -0.860. The summed E-state index contributed by atoms with van der Waals surface area (Å²) >= 11 is 8.04. The summed E-state index contributed by atoms with van der Waals surface area (Å²) in [5.41, 5.74) is 3.59. The zero-order chi connectivity index (χ0) is 13.8. The van der Waals surface area contributed by atoms with Crippen molar-refractivity contribution >= 4 is 22.9 Å². The second-order valence-electron chi connectivity index (χ2n) is 4.80. The van der Waals surface area contributed by atoms with E-state index in [2.05, 4.69) is 26.8 Å².